The van der Waals surface area contributed by atoms with E-state index in [1.807, 2.05) is 0 Å². The Bertz CT molecular complexity index is 372. The van der Waals surface area contributed by atoms with Gasteiger partial charge in [-0.15, -0.1) is 0 Å². The fourth-order valence-electron chi connectivity index (χ4n) is 1.19. The summed E-state index contributed by atoms with van der Waals surface area (Å²) in [5.41, 5.74) is -0.426. The zero-order chi connectivity index (χ0) is 10.9. The van der Waals surface area contributed by atoms with Gasteiger partial charge in [0.1, 0.15) is 5.82 Å². The van der Waals surface area contributed by atoms with Crippen molar-refractivity contribution in [1.29, 1.82) is 0 Å². The second kappa shape index (κ2) is 3.82. The van der Waals surface area contributed by atoms with Crippen LogP contribution in [0.1, 0.15) is 34.8 Å². The average molecular weight is 202 g/mol. The molecule has 0 radical (unpaired) electrons. The van der Waals surface area contributed by atoms with Crippen LogP contribution >= 0.6 is 0 Å². The zero-order valence-corrected chi connectivity index (χ0v) is 7.77. The van der Waals surface area contributed by atoms with Crippen molar-refractivity contribution in [3.8, 4) is 0 Å². The van der Waals surface area contributed by atoms with E-state index in [1.54, 1.807) is 0 Å². The molecule has 1 aromatic carbocycles. The second-order valence-corrected chi connectivity index (χ2v) is 3.05. The van der Waals surface area contributed by atoms with Gasteiger partial charge in [0.15, 0.2) is 5.78 Å². The highest BCUT2D eigenvalue weighted by Gasteiger charge is 2.16. The summed E-state index contributed by atoms with van der Waals surface area (Å²) in [7, 11) is 0. The fraction of sp³-hybridized carbons (Fsp3) is 0.300. The van der Waals surface area contributed by atoms with Crippen molar-refractivity contribution in [2.45, 2.75) is 20.3 Å². The van der Waals surface area contributed by atoms with Crippen molar-refractivity contribution in [1.82, 2.24) is 0 Å². The Hall–Kier alpha value is -1.32. The molecule has 1 rings (SSSR count). The van der Waals surface area contributed by atoms with Gasteiger partial charge < -0.3 is 0 Å². The van der Waals surface area contributed by atoms with Crippen LogP contribution in [-0.4, -0.2) is 5.78 Å². The lowest BCUT2D eigenvalue weighted by atomic mass is 10.0. The predicted molar refractivity (Wildman–Crippen MR) is 46.1 cm³/mol. The first-order valence-corrected chi connectivity index (χ1v) is 4.02. The number of rotatable bonds is 2. The molecular weight excluding hydrogens is 193 g/mol. The number of aryl methyl sites for hydroxylation is 1. The van der Waals surface area contributed by atoms with Gasteiger partial charge in [-0.1, -0.05) is 0 Å². The average Bonchev–Trinajstić information content (AvgIpc) is 2.02. The van der Waals surface area contributed by atoms with Crippen LogP contribution in [0.4, 0.5) is 13.2 Å². The first-order chi connectivity index (χ1) is 6.43. The number of ketones is 1. The Balaban J connectivity index is 3.34. The van der Waals surface area contributed by atoms with Crippen LogP contribution in [0, 0.1) is 12.7 Å². The van der Waals surface area contributed by atoms with Gasteiger partial charge in [-0.3, -0.25) is 4.79 Å². The monoisotopic (exact) mass is 202 g/mol. The highest BCUT2D eigenvalue weighted by molar-refractivity contribution is 5.94. The number of benzene rings is 1. The van der Waals surface area contributed by atoms with Crippen molar-refractivity contribution >= 4 is 5.78 Å². The molecule has 0 aromatic heterocycles. The third-order valence-corrected chi connectivity index (χ3v) is 1.97. The Kier molecular flexibility index (Phi) is 2.93. The molecule has 0 saturated carbocycles. The number of hydrogen-bond donors (Lipinski definition) is 0. The molecular formula is C10H9F3O. The Morgan fingerprint density at radius 3 is 2.36 bits per heavy atom. The number of alkyl halides is 2. The summed E-state index contributed by atoms with van der Waals surface area (Å²) in [6.45, 7) is 2.53. The molecule has 1 nitrogen and oxygen atoms in total. The van der Waals surface area contributed by atoms with E-state index in [2.05, 4.69) is 0 Å². The quantitative estimate of drug-likeness (QED) is 0.672. The first kappa shape index (κ1) is 10.8. The predicted octanol–water partition coefficient (Wildman–Crippen LogP) is 3.27. The van der Waals surface area contributed by atoms with Gasteiger partial charge in [-0.2, -0.15) is 0 Å². The van der Waals surface area contributed by atoms with Gasteiger partial charge in [0.05, 0.1) is 5.56 Å². The molecule has 0 amide bonds. The first-order valence-electron chi connectivity index (χ1n) is 4.02. The van der Waals surface area contributed by atoms with Gasteiger partial charge in [0.25, 0.3) is 6.43 Å². The minimum atomic E-state index is -2.69. The number of halogens is 3. The molecule has 14 heavy (non-hydrogen) atoms. The summed E-state index contributed by atoms with van der Waals surface area (Å²) in [4.78, 5) is 10.9. The van der Waals surface area contributed by atoms with Crippen molar-refractivity contribution in [2.24, 2.45) is 0 Å². The van der Waals surface area contributed by atoms with Crippen LogP contribution in [0.3, 0.4) is 0 Å². The number of Topliss-reactive ketones (excluding diaryl/α,β-unsaturated/α-hetero) is 1. The van der Waals surface area contributed by atoms with Gasteiger partial charge in [0.2, 0.25) is 0 Å². The normalized spacial score (nSPS) is 10.7. The molecule has 1 aromatic rings. The molecule has 0 fully saturated rings. The van der Waals surface area contributed by atoms with Gasteiger partial charge in [0, 0.05) is 5.56 Å². The van der Waals surface area contributed by atoms with Crippen molar-refractivity contribution in [3.05, 3.63) is 34.6 Å². The van der Waals surface area contributed by atoms with Crippen molar-refractivity contribution in [3.63, 3.8) is 0 Å². The lowest BCUT2D eigenvalue weighted by Gasteiger charge is -2.07. The molecule has 0 heterocycles. The zero-order valence-electron chi connectivity index (χ0n) is 7.77. The highest BCUT2D eigenvalue weighted by Crippen LogP contribution is 2.25. The lowest BCUT2D eigenvalue weighted by Crippen LogP contribution is -2.01. The molecule has 76 valence electrons. The number of hydrogen-bond acceptors (Lipinski definition) is 1. The minimum Gasteiger partial charge on any atom is -0.294 e. The van der Waals surface area contributed by atoms with E-state index in [0.29, 0.717) is 0 Å². The van der Waals surface area contributed by atoms with E-state index >= 15 is 0 Å². The van der Waals surface area contributed by atoms with E-state index in [1.165, 1.54) is 6.92 Å². The molecule has 0 N–H and O–H groups in total. The van der Waals surface area contributed by atoms with E-state index < -0.39 is 18.0 Å². The second-order valence-electron chi connectivity index (χ2n) is 3.05. The molecule has 4 heteroatoms. The number of carbonyl (C=O) groups excluding carboxylic acids is 1. The molecule has 0 atom stereocenters. The van der Waals surface area contributed by atoms with Crippen LogP contribution in [0.5, 0.6) is 0 Å². The molecule has 0 aliphatic heterocycles. The maximum atomic E-state index is 13.1. The summed E-state index contributed by atoms with van der Waals surface area (Å²) >= 11 is 0. The topological polar surface area (TPSA) is 17.1 Å². The van der Waals surface area contributed by atoms with Crippen LogP contribution in [0.15, 0.2) is 12.1 Å². The van der Waals surface area contributed by atoms with Crippen LogP contribution in [0.2, 0.25) is 0 Å². The molecule has 0 aliphatic carbocycles. The van der Waals surface area contributed by atoms with Gasteiger partial charge >= 0.3 is 0 Å². The van der Waals surface area contributed by atoms with Crippen LogP contribution in [0.25, 0.3) is 0 Å². The van der Waals surface area contributed by atoms with Gasteiger partial charge in [-0.05, 0) is 31.5 Å². The van der Waals surface area contributed by atoms with Crippen molar-refractivity contribution in [2.75, 3.05) is 0 Å². The van der Waals surface area contributed by atoms with E-state index in [9.17, 15) is 18.0 Å². The van der Waals surface area contributed by atoms with Crippen LogP contribution < -0.4 is 0 Å². The standard InChI is InChI=1S/C10H9F3O/c1-5-3-9(11)8(6(2)14)4-7(5)10(12)13/h3-4,10H,1-2H3. The SMILES string of the molecule is CC(=O)c1cc(C(F)F)c(C)cc1F. The largest absolute Gasteiger partial charge is 0.294 e. The number of carbonyl (C=O) groups is 1. The molecule has 0 unspecified atom stereocenters. The summed E-state index contributed by atoms with van der Waals surface area (Å²) in [6.07, 6.45) is -2.69. The minimum absolute atomic E-state index is 0.155. The highest BCUT2D eigenvalue weighted by atomic mass is 19.3. The molecule has 0 bridgehead atoms. The third kappa shape index (κ3) is 1.95. The fourth-order valence-corrected chi connectivity index (χ4v) is 1.19. The molecule has 0 spiro atoms. The van der Waals surface area contributed by atoms with E-state index in [-0.39, 0.29) is 16.7 Å². The summed E-state index contributed by atoms with van der Waals surface area (Å²) in [5.74, 6) is -1.30. The lowest BCUT2D eigenvalue weighted by molar-refractivity contribution is 0.101. The Morgan fingerprint density at radius 2 is 1.93 bits per heavy atom. The molecule has 0 saturated heterocycles. The Morgan fingerprint density at radius 1 is 1.36 bits per heavy atom. The van der Waals surface area contributed by atoms with E-state index in [0.717, 1.165) is 19.1 Å². The maximum absolute atomic E-state index is 13.1. The summed E-state index contributed by atoms with van der Waals surface area (Å²) < 4.78 is 37.8. The van der Waals surface area contributed by atoms with E-state index in [4.69, 9.17) is 0 Å². The third-order valence-electron chi connectivity index (χ3n) is 1.97. The summed E-state index contributed by atoms with van der Waals surface area (Å²) in [6, 6.07) is 1.87. The maximum Gasteiger partial charge on any atom is 0.264 e. The van der Waals surface area contributed by atoms with Crippen LogP contribution in [-0.2, 0) is 0 Å². The molecule has 0 aliphatic rings. The smallest absolute Gasteiger partial charge is 0.264 e. The Labute approximate surface area is 79.5 Å². The van der Waals surface area contributed by atoms with Gasteiger partial charge in [-0.25, -0.2) is 13.2 Å². The van der Waals surface area contributed by atoms with Crippen molar-refractivity contribution < 1.29 is 18.0 Å². The summed E-state index contributed by atoms with van der Waals surface area (Å²) in [5, 5.41) is 0.